The third-order valence-corrected chi connectivity index (χ3v) is 9.50. The van der Waals surface area contributed by atoms with Crippen LogP contribution in [0.2, 0.25) is 0 Å². The van der Waals surface area contributed by atoms with Crippen LogP contribution in [0.1, 0.15) is 52.5 Å². The van der Waals surface area contributed by atoms with Crippen LogP contribution in [0.5, 0.6) is 0 Å². The maximum Gasteiger partial charge on any atom is 0.264 e. The maximum absolute atomic E-state index is 12.9. The van der Waals surface area contributed by atoms with Crippen molar-refractivity contribution in [1.29, 1.82) is 0 Å². The Bertz CT molecular complexity index is 1610. The molecule has 0 aliphatic carbocycles. The predicted molar refractivity (Wildman–Crippen MR) is 176 cm³/mol. The lowest BCUT2D eigenvalue weighted by Gasteiger charge is -2.43. The van der Waals surface area contributed by atoms with Gasteiger partial charge in [-0.3, -0.25) is 4.79 Å². The second-order valence-electron chi connectivity index (χ2n) is 11.4. The summed E-state index contributed by atoms with van der Waals surface area (Å²) >= 11 is 1.41. The molecule has 4 aromatic rings. The van der Waals surface area contributed by atoms with Crippen LogP contribution >= 0.6 is 11.8 Å². The molecule has 3 aliphatic heterocycles. The Balaban J connectivity index is 1.28. The highest BCUT2D eigenvalue weighted by Crippen LogP contribution is 2.50. The van der Waals surface area contributed by atoms with Gasteiger partial charge >= 0.3 is 0 Å². The van der Waals surface area contributed by atoms with E-state index in [-0.39, 0.29) is 5.91 Å². The number of anilines is 2. The number of amides is 1. The van der Waals surface area contributed by atoms with Crippen molar-refractivity contribution in [3.8, 4) is 0 Å². The first kappa shape index (κ1) is 26.6. The molecule has 3 aliphatic rings. The third kappa shape index (κ3) is 5.12. The third-order valence-electron chi connectivity index (χ3n) is 8.59. The normalized spacial score (nSPS) is 21.4. The molecular formula is C36H34N4OS. The lowest BCUT2D eigenvalue weighted by atomic mass is 9.76. The van der Waals surface area contributed by atoms with Gasteiger partial charge in [0.05, 0.1) is 10.6 Å². The first-order chi connectivity index (χ1) is 20.5. The summed E-state index contributed by atoms with van der Waals surface area (Å²) in [5.74, 6) is 0.528. The number of aliphatic imine (C=N–C) groups is 1. The lowest BCUT2D eigenvalue weighted by molar-refractivity contribution is -0.115. The van der Waals surface area contributed by atoms with Crippen molar-refractivity contribution in [2.75, 3.05) is 37.0 Å². The molecule has 0 saturated carbocycles. The number of thioether (sulfide) groups is 1. The minimum absolute atomic E-state index is 0.106. The SMILES string of the molecule is CN(C)c1ccc(/C=C2\SC(=Nc3cc4c5c(c3)[C@H](c3ccccc3)CCN5CC[C@@H]4c3ccccc3)NC2=O)cc1. The van der Waals surface area contributed by atoms with Crippen molar-refractivity contribution in [2.24, 2.45) is 4.99 Å². The van der Waals surface area contributed by atoms with Gasteiger partial charge in [0.1, 0.15) is 0 Å². The summed E-state index contributed by atoms with van der Waals surface area (Å²) < 4.78 is 0. The molecule has 210 valence electrons. The summed E-state index contributed by atoms with van der Waals surface area (Å²) in [6.45, 7) is 2.12. The molecular weight excluding hydrogens is 536 g/mol. The van der Waals surface area contributed by atoms with E-state index in [4.69, 9.17) is 4.99 Å². The second kappa shape index (κ2) is 11.2. The average Bonchev–Trinajstić information content (AvgIpc) is 3.36. The Morgan fingerprint density at radius 3 is 1.95 bits per heavy atom. The van der Waals surface area contributed by atoms with Gasteiger partial charge in [0.25, 0.3) is 5.91 Å². The number of nitrogens with zero attached hydrogens (tertiary/aromatic N) is 3. The molecule has 0 radical (unpaired) electrons. The van der Waals surface area contributed by atoms with Crippen LogP contribution in [0.3, 0.4) is 0 Å². The molecule has 0 spiro atoms. The van der Waals surface area contributed by atoms with Crippen molar-refractivity contribution in [3.05, 3.63) is 130 Å². The quantitative estimate of drug-likeness (QED) is 0.252. The Hall–Kier alpha value is -4.29. The Kier molecular flexibility index (Phi) is 7.08. The topological polar surface area (TPSA) is 47.9 Å². The van der Waals surface area contributed by atoms with E-state index in [9.17, 15) is 4.79 Å². The minimum Gasteiger partial charge on any atom is -0.378 e. The summed E-state index contributed by atoms with van der Waals surface area (Å²) in [5, 5.41) is 3.64. The van der Waals surface area contributed by atoms with Gasteiger partial charge in [-0.1, -0.05) is 72.8 Å². The van der Waals surface area contributed by atoms with Crippen molar-refractivity contribution in [3.63, 3.8) is 0 Å². The first-order valence-corrected chi connectivity index (χ1v) is 15.4. The summed E-state index contributed by atoms with van der Waals surface area (Å²) in [6.07, 6.45) is 4.10. The first-order valence-electron chi connectivity index (χ1n) is 14.6. The summed E-state index contributed by atoms with van der Waals surface area (Å²) in [6, 6.07) is 34.4. The zero-order valence-electron chi connectivity index (χ0n) is 24.0. The average molecular weight is 571 g/mol. The van der Waals surface area contributed by atoms with E-state index in [2.05, 4.69) is 100 Å². The molecule has 1 saturated heterocycles. The van der Waals surface area contributed by atoms with Crippen molar-refractivity contribution in [1.82, 2.24) is 5.32 Å². The molecule has 1 fully saturated rings. The standard InChI is InChI=1S/C36H34N4OS/c1-39(2)28-15-13-24(14-16-28)21-33-35(41)38-36(42-33)37-27-22-31-29(25-9-5-3-6-10-25)17-19-40-20-18-30(32(23-27)34(31)40)26-11-7-4-8-12-26/h3-16,21-23,29-30H,17-20H2,1-2H3,(H,37,38,41)/b33-21-/t29-,30+. The Morgan fingerprint density at radius 2 is 1.40 bits per heavy atom. The molecule has 6 heteroatoms. The molecule has 1 N–H and O–H groups in total. The summed E-state index contributed by atoms with van der Waals surface area (Å²) in [7, 11) is 4.04. The number of rotatable bonds is 5. The van der Waals surface area contributed by atoms with Gasteiger partial charge in [-0.05, 0) is 82.8 Å². The van der Waals surface area contributed by atoms with Gasteiger partial charge in [-0.2, -0.15) is 0 Å². The fourth-order valence-electron chi connectivity index (χ4n) is 6.52. The number of hydrogen-bond acceptors (Lipinski definition) is 5. The molecule has 42 heavy (non-hydrogen) atoms. The van der Waals surface area contributed by atoms with Gasteiger partial charge in [0, 0.05) is 50.4 Å². The number of nitrogens with one attached hydrogen (secondary N) is 1. The number of benzene rings is 4. The maximum atomic E-state index is 12.9. The highest BCUT2D eigenvalue weighted by Gasteiger charge is 2.35. The molecule has 2 atom stereocenters. The molecule has 0 unspecified atom stereocenters. The van der Waals surface area contributed by atoms with Gasteiger partial charge in [-0.15, -0.1) is 0 Å². The zero-order chi connectivity index (χ0) is 28.6. The molecule has 7 rings (SSSR count). The molecule has 4 aromatic carbocycles. The number of amidine groups is 1. The number of carbonyl (C=O) groups is 1. The van der Waals surface area contributed by atoms with Crippen LogP contribution in [0, 0.1) is 0 Å². The molecule has 5 nitrogen and oxygen atoms in total. The van der Waals surface area contributed by atoms with Crippen molar-refractivity contribution >= 4 is 46.0 Å². The van der Waals surface area contributed by atoms with E-state index in [1.54, 1.807) is 0 Å². The number of hydrogen-bond donors (Lipinski definition) is 1. The fraction of sp³-hybridized carbons (Fsp3) is 0.222. The largest absolute Gasteiger partial charge is 0.378 e. The Morgan fingerprint density at radius 1 is 0.833 bits per heavy atom. The van der Waals surface area contributed by atoms with E-state index in [1.165, 1.54) is 39.7 Å². The van der Waals surface area contributed by atoms with Gasteiger partial charge in [0.15, 0.2) is 5.17 Å². The van der Waals surface area contributed by atoms with E-state index in [0.717, 1.165) is 42.9 Å². The zero-order valence-corrected chi connectivity index (χ0v) is 24.8. The highest BCUT2D eigenvalue weighted by molar-refractivity contribution is 8.18. The molecule has 1 amide bonds. The van der Waals surface area contributed by atoms with Crippen LogP contribution < -0.4 is 15.1 Å². The monoisotopic (exact) mass is 570 g/mol. The molecule has 3 heterocycles. The minimum atomic E-state index is -0.106. The fourth-order valence-corrected chi connectivity index (χ4v) is 7.36. The van der Waals surface area contributed by atoms with E-state index >= 15 is 0 Å². The lowest BCUT2D eigenvalue weighted by Crippen LogP contribution is -2.37. The van der Waals surface area contributed by atoms with E-state index in [1.807, 2.05) is 32.3 Å². The van der Waals surface area contributed by atoms with Crippen molar-refractivity contribution < 1.29 is 4.79 Å². The van der Waals surface area contributed by atoms with Gasteiger partial charge in [0.2, 0.25) is 0 Å². The van der Waals surface area contributed by atoms with Crippen LogP contribution in [0.4, 0.5) is 17.1 Å². The molecule has 0 bridgehead atoms. The Labute approximate surface area is 252 Å². The van der Waals surface area contributed by atoms with E-state index in [0.29, 0.717) is 21.9 Å². The summed E-state index contributed by atoms with van der Waals surface area (Å²) in [4.78, 5) is 23.3. The van der Waals surface area contributed by atoms with Crippen LogP contribution in [0.25, 0.3) is 6.08 Å². The van der Waals surface area contributed by atoms with Gasteiger partial charge < -0.3 is 15.1 Å². The van der Waals surface area contributed by atoms with Crippen LogP contribution in [0.15, 0.2) is 107 Å². The predicted octanol–water partition coefficient (Wildman–Crippen LogP) is 7.52. The van der Waals surface area contributed by atoms with Crippen LogP contribution in [-0.2, 0) is 4.79 Å². The second-order valence-corrected chi connectivity index (χ2v) is 12.5. The molecule has 0 aromatic heterocycles. The van der Waals surface area contributed by atoms with Crippen molar-refractivity contribution in [2.45, 2.75) is 24.7 Å². The van der Waals surface area contributed by atoms with Gasteiger partial charge in [-0.25, -0.2) is 4.99 Å². The smallest absolute Gasteiger partial charge is 0.264 e. The van der Waals surface area contributed by atoms with Crippen LogP contribution in [-0.4, -0.2) is 38.3 Å². The van der Waals surface area contributed by atoms with E-state index < -0.39 is 0 Å². The highest BCUT2D eigenvalue weighted by atomic mass is 32.2. The summed E-state index contributed by atoms with van der Waals surface area (Å²) in [5.41, 5.74) is 9.78. The number of carbonyl (C=O) groups excluding carboxylic acids is 1.